The molecule has 2 radical (unpaired) electrons. The van der Waals surface area contributed by atoms with Crippen molar-refractivity contribution >= 4 is 21.6 Å². The van der Waals surface area contributed by atoms with Crippen molar-refractivity contribution in [1.29, 1.82) is 0 Å². The van der Waals surface area contributed by atoms with Gasteiger partial charge in [-0.25, -0.2) is 0 Å². The number of nitrogens with zero attached hydrogens (tertiary/aromatic N) is 1. The van der Waals surface area contributed by atoms with Gasteiger partial charge >= 0.3 is 15.9 Å². The van der Waals surface area contributed by atoms with Crippen LogP contribution in [0.3, 0.4) is 0 Å². The minimum Gasteiger partial charge on any atom is -0.451 e. The molecule has 17 heavy (non-hydrogen) atoms. The Morgan fingerprint density at radius 2 is 1.47 bits per heavy atom. The van der Waals surface area contributed by atoms with Gasteiger partial charge in [-0.2, -0.15) is 0 Å². The van der Waals surface area contributed by atoms with Crippen molar-refractivity contribution in [3.05, 3.63) is 66.2 Å². The van der Waals surface area contributed by atoms with Gasteiger partial charge in [0.25, 0.3) is 5.69 Å². The second-order valence-electron chi connectivity index (χ2n) is 3.58. The molecule has 0 saturated heterocycles. The smallest absolute Gasteiger partial charge is 0.451 e. The van der Waals surface area contributed by atoms with Gasteiger partial charge in [-0.15, -0.1) is 0 Å². The van der Waals surface area contributed by atoms with E-state index in [9.17, 15) is 0 Å². The van der Waals surface area contributed by atoms with E-state index < -0.39 is 0 Å². The van der Waals surface area contributed by atoms with E-state index in [0.29, 0.717) is 0 Å². The molecule has 0 saturated carbocycles. The molecule has 1 aliphatic heterocycles. The van der Waals surface area contributed by atoms with Crippen LogP contribution in [0.25, 0.3) is 0 Å². The van der Waals surface area contributed by atoms with E-state index in [4.69, 9.17) is 8.95 Å². The first-order chi connectivity index (χ1) is 8.45. The van der Waals surface area contributed by atoms with Crippen molar-refractivity contribution in [2.24, 2.45) is 0 Å². The molecule has 0 fully saturated rings. The van der Waals surface area contributed by atoms with Crippen LogP contribution in [-0.4, -0.2) is 20.6 Å². The van der Waals surface area contributed by atoms with E-state index in [1.165, 1.54) is 0 Å². The molecule has 1 heterocycles. The highest BCUT2D eigenvalue weighted by molar-refractivity contribution is 6.25. The van der Waals surface area contributed by atoms with E-state index in [2.05, 4.69) is 0 Å². The second kappa shape index (κ2) is 4.43. The maximum atomic E-state index is 5.55. The largest absolute Gasteiger partial charge is 0.701 e. The first-order valence-electron chi connectivity index (χ1n) is 5.31. The Balaban J connectivity index is 2.08. The summed E-state index contributed by atoms with van der Waals surface area (Å²) in [6.45, 7) is 0. The minimum atomic E-state index is 0.00922. The van der Waals surface area contributed by atoms with Crippen molar-refractivity contribution in [2.75, 3.05) is 0 Å². The molecular weight excluding hydrogens is 230 g/mol. The predicted molar refractivity (Wildman–Crippen MR) is 64.8 cm³/mol. The molecular formula is C13H10NO2Si+. The van der Waals surface area contributed by atoms with E-state index in [0.717, 1.165) is 17.1 Å². The zero-order chi connectivity index (χ0) is 11.5. The molecule has 3 rings (SSSR count). The molecule has 0 atom stereocenters. The molecule has 82 valence electrons. The monoisotopic (exact) mass is 240 g/mol. The zero-order valence-electron chi connectivity index (χ0n) is 9.04. The average molecular weight is 240 g/mol. The van der Waals surface area contributed by atoms with Crippen molar-refractivity contribution in [3.8, 4) is 0 Å². The summed E-state index contributed by atoms with van der Waals surface area (Å²) >= 11 is 0. The highest BCUT2D eigenvalue weighted by Crippen LogP contribution is 2.17. The lowest BCUT2D eigenvalue weighted by molar-refractivity contribution is -0.680. The standard InChI is InChI=1S/C13H10NO2Si/c1-3-7-11(8-4-1)13-14(16-17-15-13)12-9-5-2-6-10-12/h1-10H/q+1. The summed E-state index contributed by atoms with van der Waals surface area (Å²) in [4.78, 5) is 0. The van der Waals surface area contributed by atoms with Gasteiger partial charge in [0.05, 0.1) is 5.56 Å². The van der Waals surface area contributed by atoms with E-state index >= 15 is 0 Å². The van der Waals surface area contributed by atoms with Gasteiger partial charge < -0.3 is 4.43 Å². The maximum Gasteiger partial charge on any atom is 0.701 e. The van der Waals surface area contributed by atoms with Crippen LogP contribution in [0.5, 0.6) is 0 Å². The fourth-order valence-corrected chi connectivity index (χ4v) is 2.25. The van der Waals surface area contributed by atoms with Crippen LogP contribution in [0.15, 0.2) is 60.7 Å². The number of hydrogen-bond acceptors (Lipinski definition) is 2. The van der Waals surface area contributed by atoms with Gasteiger partial charge in [0.15, 0.2) is 0 Å². The fourth-order valence-electron chi connectivity index (χ4n) is 1.67. The van der Waals surface area contributed by atoms with Gasteiger partial charge in [0, 0.05) is 16.9 Å². The van der Waals surface area contributed by atoms with Crippen molar-refractivity contribution in [2.45, 2.75) is 0 Å². The first-order valence-corrected chi connectivity index (χ1v) is 6.13. The predicted octanol–water partition coefficient (Wildman–Crippen LogP) is 2.27. The van der Waals surface area contributed by atoms with Crippen molar-refractivity contribution in [1.82, 2.24) is 0 Å². The summed E-state index contributed by atoms with van der Waals surface area (Å²) < 4.78 is 12.8. The third kappa shape index (κ3) is 1.94. The van der Waals surface area contributed by atoms with Crippen LogP contribution < -0.4 is 0 Å². The molecule has 2 aromatic carbocycles. The quantitative estimate of drug-likeness (QED) is 0.593. The van der Waals surface area contributed by atoms with E-state index in [1.807, 2.05) is 60.7 Å². The molecule has 1 aliphatic rings. The third-order valence-corrected chi connectivity index (χ3v) is 3.00. The Bertz CT molecular complexity index is 490. The Morgan fingerprint density at radius 1 is 0.824 bits per heavy atom. The lowest BCUT2D eigenvalue weighted by atomic mass is 10.2. The number of rotatable bonds is 2. The molecule has 2 aromatic rings. The van der Waals surface area contributed by atoms with E-state index in [1.54, 1.807) is 4.74 Å². The molecule has 0 aromatic heterocycles. The van der Waals surface area contributed by atoms with Gasteiger partial charge in [0.2, 0.25) is 0 Å². The van der Waals surface area contributed by atoms with Crippen molar-refractivity contribution in [3.63, 3.8) is 0 Å². The summed E-state index contributed by atoms with van der Waals surface area (Å²) in [6, 6.07) is 19.9. The summed E-state index contributed by atoms with van der Waals surface area (Å²) in [5, 5.41) is 0. The molecule has 0 unspecified atom stereocenters. The Hall–Kier alpha value is -2.07. The maximum absolute atomic E-state index is 5.55. The van der Waals surface area contributed by atoms with E-state index in [-0.39, 0.29) is 10.0 Å². The summed E-state index contributed by atoms with van der Waals surface area (Å²) in [5.74, 6) is 0.745. The van der Waals surface area contributed by atoms with Gasteiger partial charge in [-0.3, -0.25) is 4.53 Å². The second-order valence-corrected chi connectivity index (χ2v) is 4.13. The fraction of sp³-hybridized carbons (Fsp3) is 0. The Kier molecular flexibility index (Phi) is 2.63. The van der Waals surface area contributed by atoms with Crippen LogP contribution >= 0.6 is 0 Å². The van der Waals surface area contributed by atoms with Gasteiger partial charge in [0.1, 0.15) is 0 Å². The summed E-state index contributed by atoms with van der Waals surface area (Å²) in [5.41, 5.74) is 1.98. The molecule has 0 N–H and O–H groups in total. The van der Waals surface area contributed by atoms with Crippen molar-refractivity contribution < 1.29 is 13.7 Å². The molecule has 0 spiro atoms. The van der Waals surface area contributed by atoms with Crippen LogP contribution in [0.1, 0.15) is 5.56 Å². The third-order valence-electron chi connectivity index (χ3n) is 2.46. The Labute approximate surface area is 102 Å². The molecule has 0 bridgehead atoms. The zero-order valence-corrected chi connectivity index (χ0v) is 10.0. The SMILES string of the molecule is c1ccc(C2=[N+](c3ccccc3)O[Si]O2)cc1. The van der Waals surface area contributed by atoms with Crippen LogP contribution in [0, 0.1) is 0 Å². The van der Waals surface area contributed by atoms with Crippen LogP contribution in [-0.2, 0) is 8.95 Å². The number of benzene rings is 2. The number of hydrogen-bond donors (Lipinski definition) is 0. The highest BCUT2D eigenvalue weighted by atomic mass is 28.3. The minimum absolute atomic E-state index is 0.00922. The lowest BCUT2D eigenvalue weighted by Crippen LogP contribution is -2.10. The molecule has 0 aliphatic carbocycles. The first kappa shape index (κ1) is 10.1. The molecule has 0 amide bonds. The summed E-state index contributed by atoms with van der Waals surface area (Å²) in [7, 11) is 0.00922. The average Bonchev–Trinajstić information content (AvgIpc) is 2.90. The van der Waals surface area contributed by atoms with Crippen LogP contribution in [0.4, 0.5) is 5.69 Å². The van der Waals surface area contributed by atoms with Gasteiger partial charge in [-0.05, 0) is 12.1 Å². The molecule has 4 heteroatoms. The van der Waals surface area contributed by atoms with Gasteiger partial charge in [-0.1, -0.05) is 36.4 Å². The summed E-state index contributed by atoms with van der Waals surface area (Å²) in [6.07, 6.45) is 0. The highest BCUT2D eigenvalue weighted by Gasteiger charge is 2.33. The topological polar surface area (TPSA) is 21.5 Å². The molecule has 3 nitrogen and oxygen atoms in total. The lowest BCUT2D eigenvalue weighted by Gasteiger charge is -1.96. The normalized spacial score (nSPS) is 14.4. The number of para-hydroxylation sites is 1. The Morgan fingerprint density at radius 3 is 2.18 bits per heavy atom. The van der Waals surface area contributed by atoms with Crippen LogP contribution in [0.2, 0.25) is 0 Å².